The first-order valence-corrected chi connectivity index (χ1v) is 11.1. The van der Waals surface area contributed by atoms with Crippen molar-refractivity contribution in [3.05, 3.63) is 92.4 Å². The van der Waals surface area contributed by atoms with Gasteiger partial charge in [0, 0.05) is 5.02 Å². The van der Waals surface area contributed by atoms with Crippen molar-refractivity contribution >= 4 is 58.4 Å². The van der Waals surface area contributed by atoms with Crippen molar-refractivity contribution in [1.29, 1.82) is 5.26 Å². The summed E-state index contributed by atoms with van der Waals surface area (Å²) in [5.74, 6) is -0.821. The second kappa shape index (κ2) is 11.6. The number of nitriles is 1. The number of halogens is 3. The summed E-state index contributed by atoms with van der Waals surface area (Å²) in [4.78, 5) is 25.1. The van der Waals surface area contributed by atoms with E-state index in [2.05, 4.69) is 5.32 Å². The van der Waals surface area contributed by atoms with Crippen LogP contribution >= 0.6 is 34.8 Å². The minimum atomic E-state index is -0.686. The van der Waals surface area contributed by atoms with Crippen LogP contribution in [0, 0.1) is 11.3 Å². The monoisotopic (exact) mass is 514 g/mol. The number of hydrogen-bond acceptors (Lipinski definition) is 5. The van der Waals surface area contributed by atoms with Crippen molar-refractivity contribution in [2.45, 2.75) is 6.92 Å². The largest absolute Gasteiger partial charge is 0.490 e. The zero-order valence-electron chi connectivity index (χ0n) is 17.8. The molecular formula is C25H17Cl3N2O4. The van der Waals surface area contributed by atoms with Gasteiger partial charge < -0.3 is 14.8 Å². The first-order chi connectivity index (χ1) is 16.3. The molecule has 172 valence electrons. The zero-order valence-corrected chi connectivity index (χ0v) is 20.0. The molecular weight excluding hydrogens is 499 g/mol. The summed E-state index contributed by atoms with van der Waals surface area (Å²) in [5, 5.41) is 13.0. The number of nitrogens with zero attached hydrogens (tertiary/aromatic N) is 1. The SMILES string of the molecule is CCOc1cc(/C=C(\C#N)C(=O)Nc2c(Cl)cccc2Cl)ccc1OC(=O)c1ccc(Cl)cc1. The van der Waals surface area contributed by atoms with E-state index in [9.17, 15) is 14.9 Å². The van der Waals surface area contributed by atoms with Crippen LogP contribution in [-0.2, 0) is 4.79 Å². The fourth-order valence-electron chi connectivity index (χ4n) is 2.83. The number of carbonyl (C=O) groups is 2. The third-order valence-electron chi connectivity index (χ3n) is 4.43. The quantitative estimate of drug-likeness (QED) is 0.162. The van der Waals surface area contributed by atoms with E-state index >= 15 is 0 Å². The maximum absolute atomic E-state index is 12.6. The Morgan fingerprint density at radius 3 is 2.29 bits per heavy atom. The molecule has 0 fully saturated rings. The Morgan fingerprint density at radius 2 is 1.68 bits per heavy atom. The number of nitrogens with one attached hydrogen (secondary N) is 1. The molecule has 1 amide bonds. The van der Waals surface area contributed by atoms with Crippen LogP contribution in [0.3, 0.4) is 0 Å². The maximum atomic E-state index is 12.6. The van der Waals surface area contributed by atoms with Gasteiger partial charge in [-0.1, -0.05) is 46.9 Å². The number of esters is 1. The first kappa shape index (κ1) is 25.1. The highest BCUT2D eigenvalue weighted by Crippen LogP contribution is 2.32. The third kappa shape index (κ3) is 6.30. The van der Waals surface area contributed by atoms with Gasteiger partial charge in [0.25, 0.3) is 5.91 Å². The van der Waals surface area contributed by atoms with Crippen molar-refractivity contribution in [1.82, 2.24) is 0 Å². The van der Waals surface area contributed by atoms with Gasteiger partial charge in [-0.2, -0.15) is 5.26 Å². The van der Waals surface area contributed by atoms with E-state index < -0.39 is 11.9 Å². The van der Waals surface area contributed by atoms with Crippen LogP contribution in [0.5, 0.6) is 11.5 Å². The predicted octanol–water partition coefficient (Wildman–Crippen LogP) is 6.81. The summed E-state index contributed by atoms with van der Waals surface area (Å²) < 4.78 is 11.1. The van der Waals surface area contributed by atoms with Crippen LogP contribution in [-0.4, -0.2) is 18.5 Å². The van der Waals surface area contributed by atoms with E-state index in [-0.39, 0.29) is 32.8 Å². The highest BCUT2D eigenvalue weighted by Gasteiger charge is 2.16. The second-order valence-electron chi connectivity index (χ2n) is 6.76. The molecule has 0 heterocycles. The number of carbonyl (C=O) groups excluding carboxylic acids is 2. The molecule has 0 bridgehead atoms. The highest BCUT2D eigenvalue weighted by molar-refractivity contribution is 6.40. The molecule has 0 radical (unpaired) electrons. The molecule has 3 aromatic rings. The van der Waals surface area contributed by atoms with Gasteiger partial charge in [-0.25, -0.2) is 4.79 Å². The minimum Gasteiger partial charge on any atom is -0.490 e. The molecule has 0 aliphatic rings. The molecule has 3 rings (SSSR count). The van der Waals surface area contributed by atoms with Gasteiger partial charge in [0.1, 0.15) is 11.6 Å². The lowest BCUT2D eigenvalue weighted by Crippen LogP contribution is -2.14. The molecule has 0 saturated carbocycles. The molecule has 0 saturated heterocycles. The lowest BCUT2D eigenvalue weighted by Gasteiger charge is -2.12. The van der Waals surface area contributed by atoms with Crippen LogP contribution < -0.4 is 14.8 Å². The average Bonchev–Trinajstić information content (AvgIpc) is 2.82. The van der Waals surface area contributed by atoms with Crippen molar-refractivity contribution in [2.75, 3.05) is 11.9 Å². The van der Waals surface area contributed by atoms with Gasteiger partial charge in [0.2, 0.25) is 0 Å². The van der Waals surface area contributed by atoms with Crippen LogP contribution in [0.15, 0.2) is 66.2 Å². The minimum absolute atomic E-state index is 0.185. The molecule has 3 aromatic carbocycles. The van der Waals surface area contributed by atoms with Crippen LogP contribution in [0.1, 0.15) is 22.8 Å². The Bertz CT molecular complexity index is 1280. The molecule has 0 spiro atoms. The van der Waals surface area contributed by atoms with E-state index in [1.165, 1.54) is 12.1 Å². The summed E-state index contributed by atoms with van der Waals surface area (Å²) in [5.41, 5.74) is 0.810. The number of benzene rings is 3. The van der Waals surface area contributed by atoms with Crippen molar-refractivity contribution in [3.8, 4) is 17.6 Å². The van der Waals surface area contributed by atoms with E-state index in [4.69, 9.17) is 44.3 Å². The fraction of sp³-hybridized carbons (Fsp3) is 0.0800. The molecule has 0 aromatic heterocycles. The van der Waals surface area contributed by atoms with Crippen molar-refractivity contribution < 1.29 is 19.1 Å². The Hall–Kier alpha value is -3.50. The smallest absolute Gasteiger partial charge is 0.343 e. The molecule has 0 unspecified atom stereocenters. The summed E-state index contributed by atoms with van der Waals surface area (Å²) in [6, 6.07) is 17.5. The maximum Gasteiger partial charge on any atom is 0.343 e. The average molecular weight is 516 g/mol. The highest BCUT2D eigenvalue weighted by atomic mass is 35.5. The summed E-state index contributed by atoms with van der Waals surface area (Å²) in [7, 11) is 0. The third-order valence-corrected chi connectivity index (χ3v) is 5.31. The summed E-state index contributed by atoms with van der Waals surface area (Å²) >= 11 is 18.0. The first-order valence-electron chi connectivity index (χ1n) is 9.94. The molecule has 34 heavy (non-hydrogen) atoms. The number of hydrogen-bond donors (Lipinski definition) is 1. The van der Waals surface area contributed by atoms with Crippen LogP contribution in [0.4, 0.5) is 5.69 Å². The van der Waals surface area contributed by atoms with Crippen molar-refractivity contribution in [2.24, 2.45) is 0 Å². The Morgan fingerprint density at radius 1 is 1.00 bits per heavy atom. The molecule has 0 aliphatic heterocycles. The number of amides is 1. The lowest BCUT2D eigenvalue weighted by molar-refractivity contribution is -0.112. The summed E-state index contributed by atoms with van der Waals surface area (Å²) in [6.07, 6.45) is 1.37. The van der Waals surface area contributed by atoms with Gasteiger partial charge in [-0.05, 0) is 67.1 Å². The Labute approximate surface area is 211 Å². The van der Waals surface area contributed by atoms with Gasteiger partial charge in [-0.3, -0.25) is 4.79 Å². The van der Waals surface area contributed by atoms with E-state index in [0.29, 0.717) is 22.8 Å². The fourth-order valence-corrected chi connectivity index (χ4v) is 3.44. The van der Waals surface area contributed by atoms with E-state index in [0.717, 1.165) is 0 Å². The Balaban J connectivity index is 1.85. The topological polar surface area (TPSA) is 88.4 Å². The second-order valence-corrected chi connectivity index (χ2v) is 8.01. The normalized spacial score (nSPS) is 10.9. The number of anilines is 1. The molecule has 6 nitrogen and oxygen atoms in total. The van der Waals surface area contributed by atoms with Gasteiger partial charge >= 0.3 is 5.97 Å². The van der Waals surface area contributed by atoms with Gasteiger partial charge in [-0.15, -0.1) is 0 Å². The number of para-hydroxylation sites is 1. The van der Waals surface area contributed by atoms with Crippen molar-refractivity contribution in [3.63, 3.8) is 0 Å². The zero-order chi connectivity index (χ0) is 24.7. The molecule has 0 atom stereocenters. The van der Waals surface area contributed by atoms with E-state index in [1.54, 1.807) is 61.5 Å². The van der Waals surface area contributed by atoms with Gasteiger partial charge in [0.05, 0.1) is 27.9 Å². The molecule has 0 aliphatic carbocycles. The van der Waals surface area contributed by atoms with Gasteiger partial charge in [0.15, 0.2) is 11.5 Å². The standard InChI is InChI=1S/C25H17Cl3N2O4/c1-2-33-22-13-15(6-11-21(22)34-25(32)16-7-9-18(26)10-8-16)12-17(14-29)24(31)30-23-19(27)4-3-5-20(23)28/h3-13H,2H2,1H3,(H,30,31)/b17-12+. The molecule has 1 N–H and O–H groups in total. The van der Waals surface area contributed by atoms with Crippen LogP contribution in [0.2, 0.25) is 15.1 Å². The predicted molar refractivity (Wildman–Crippen MR) is 133 cm³/mol. The Kier molecular flexibility index (Phi) is 8.55. The lowest BCUT2D eigenvalue weighted by atomic mass is 10.1. The van der Waals surface area contributed by atoms with E-state index in [1.807, 2.05) is 6.07 Å². The summed E-state index contributed by atoms with van der Waals surface area (Å²) in [6.45, 7) is 2.07. The number of ether oxygens (including phenoxy) is 2. The molecule has 9 heteroatoms. The van der Waals surface area contributed by atoms with Crippen LogP contribution in [0.25, 0.3) is 6.08 Å². The number of rotatable bonds is 7.